The van der Waals surface area contributed by atoms with Crippen molar-refractivity contribution in [1.29, 1.82) is 0 Å². The van der Waals surface area contributed by atoms with Crippen LogP contribution in [0.25, 0.3) is 11.1 Å². The van der Waals surface area contributed by atoms with Crippen molar-refractivity contribution in [3.8, 4) is 11.1 Å². The highest BCUT2D eigenvalue weighted by Gasteiger charge is 2.40. The zero-order valence-electron chi connectivity index (χ0n) is 22.6. The molecule has 0 spiro atoms. The SMILES string of the molecule is Cc1ccnc(C)c1-c1ccc(NC(=O)C(NC(=O)c2ccc3n2CCN(C)C3)C2CCC(F)(F)CC2)cc1. The van der Waals surface area contributed by atoms with Crippen LogP contribution in [-0.2, 0) is 17.9 Å². The fourth-order valence-electron chi connectivity index (χ4n) is 5.82. The molecule has 0 bridgehead atoms. The van der Waals surface area contributed by atoms with Crippen LogP contribution in [0.3, 0.4) is 0 Å². The number of halogens is 2. The largest absolute Gasteiger partial charge is 0.339 e. The number of aromatic nitrogens is 2. The maximum absolute atomic E-state index is 13.9. The molecule has 2 amide bonds. The normalized spacial score (nSPS) is 18.3. The first-order chi connectivity index (χ1) is 18.6. The number of likely N-dealkylation sites (N-methyl/N-ethyl adjacent to an activating group) is 1. The summed E-state index contributed by atoms with van der Waals surface area (Å²) in [6.07, 6.45) is 1.54. The predicted octanol–water partition coefficient (Wildman–Crippen LogP) is 5.17. The van der Waals surface area contributed by atoms with Gasteiger partial charge in [0.25, 0.3) is 5.91 Å². The number of alkyl halides is 2. The summed E-state index contributed by atoms with van der Waals surface area (Å²) in [5, 5.41) is 5.83. The van der Waals surface area contributed by atoms with Crippen LogP contribution in [0.5, 0.6) is 0 Å². The van der Waals surface area contributed by atoms with Crippen molar-refractivity contribution in [3.63, 3.8) is 0 Å². The van der Waals surface area contributed by atoms with Crippen molar-refractivity contribution in [2.24, 2.45) is 5.92 Å². The summed E-state index contributed by atoms with van der Waals surface area (Å²) in [5.41, 5.74) is 6.16. The quantitative estimate of drug-likeness (QED) is 0.456. The number of carbonyl (C=O) groups is 2. The molecular formula is C30H35F2N5O2. The molecule has 0 radical (unpaired) electrons. The minimum Gasteiger partial charge on any atom is -0.339 e. The van der Waals surface area contributed by atoms with E-state index in [9.17, 15) is 18.4 Å². The molecule has 0 saturated heterocycles. The second kappa shape index (κ2) is 10.9. The minimum atomic E-state index is -2.73. The van der Waals surface area contributed by atoms with Gasteiger partial charge in [-0.1, -0.05) is 12.1 Å². The first-order valence-corrected chi connectivity index (χ1v) is 13.5. The molecule has 39 heavy (non-hydrogen) atoms. The highest BCUT2D eigenvalue weighted by molar-refractivity contribution is 6.01. The molecule has 1 fully saturated rings. The first kappa shape index (κ1) is 27.0. The number of pyridine rings is 1. The van der Waals surface area contributed by atoms with E-state index in [1.54, 1.807) is 12.3 Å². The van der Waals surface area contributed by atoms with Crippen molar-refractivity contribution in [2.45, 2.75) is 64.6 Å². The van der Waals surface area contributed by atoms with E-state index in [0.717, 1.165) is 41.2 Å². The van der Waals surface area contributed by atoms with Gasteiger partial charge in [-0.15, -0.1) is 0 Å². The Morgan fingerprint density at radius 2 is 1.74 bits per heavy atom. The summed E-state index contributed by atoms with van der Waals surface area (Å²) in [6, 6.07) is 12.2. The van der Waals surface area contributed by atoms with E-state index in [2.05, 4.69) is 20.5 Å². The van der Waals surface area contributed by atoms with Gasteiger partial charge in [0.05, 0.1) is 0 Å². The molecule has 3 heterocycles. The van der Waals surface area contributed by atoms with Gasteiger partial charge in [-0.3, -0.25) is 19.5 Å². The summed E-state index contributed by atoms with van der Waals surface area (Å²) in [7, 11) is 2.03. The molecule has 1 unspecified atom stereocenters. The van der Waals surface area contributed by atoms with Gasteiger partial charge in [-0.05, 0) is 81.1 Å². The molecule has 2 N–H and O–H groups in total. The number of hydrogen-bond acceptors (Lipinski definition) is 4. The van der Waals surface area contributed by atoms with E-state index < -0.39 is 17.9 Å². The van der Waals surface area contributed by atoms with Crippen LogP contribution >= 0.6 is 0 Å². The van der Waals surface area contributed by atoms with Gasteiger partial charge in [0, 0.05) is 61.3 Å². The lowest BCUT2D eigenvalue weighted by Crippen LogP contribution is -2.50. The van der Waals surface area contributed by atoms with Crippen molar-refractivity contribution in [2.75, 3.05) is 18.9 Å². The molecule has 1 aliphatic heterocycles. The number of amides is 2. The zero-order valence-corrected chi connectivity index (χ0v) is 22.6. The third-order valence-electron chi connectivity index (χ3n) is 8.03. The Labute approximate surface area is 227 Å². The van der Waals surface area contributed by atoms with Crippen LogP contribution < -0.4 is 10.6 Å². The standard InChI is InChI=1S/C30H35F2N5O2/c1-19-12-15-33-20(2)26(19)21-4-6-23(7-5-21)34-29(39)27(22-10-13-30(31,32)14-11-22)35-28(38)25-9-8-24-18-36(3)16-17-37(24)25/h4-9,12,15,22,27H,10-11,13-14,16-18H2,1-3H3,(H,34,39)(H,35,38). The topological polar surface area (TPSA) is 79.3 Å². The molecule has 1 aliphatic carbocycles. The number of nitrogens with zero attached hydrogens (tertiary/aromatic N) is 3. The number of benzene rings is 1. The number of anilines is 1. The Bertz CT molecular complexity index is 1340. The van der Waals surface area contributed by atoms with Crippen molar-refractivity contribution in [1.82, 2.24) is 19.8 Å². The molecule has 9 heteroatoms. The fraction of sp³-hybridized carbons (Fsp3) is 0.433. The zero-order chi connectivity index (χ0) is 27.7. The predicted molar refractivity (Wildman–Crippen MR) is 147 cm³/mol. The highest BCUT2D eigenvalue weighted by Crippen LogP contribution is 2.38. The van der Waals surface area contributed by atoms with Gasteiger partial charge in [-0.2, -0.15) is 0 Å². The number of nitrogens with one attached hydrogen (secondary N) is 2. The van der Waals surface area contributed by atoms with Gasteiger partial charge >= 0.3 is 0 Å². The Kier molecular flexibility index (Phi) is 7.53. The number of aryl methyl sites for hydroxylation is 2. The summed E-state index contributed by atoms with van der Waals surface area (Å²) >= 11 is 0. The van der Waals surface area contributed by atoms with Crippen LogP contribution in [-0.4, -0.2) is 51.8 Å². The van der Waals surface area contributed by atoms with Crippen LogP contribution in [0.4, 0.5) is 14.5 Å². The molecule has 7 nitrogen and oxygen atoms in total. The summed E-state index contributed by atoms with van der Waals surface area (Å²) in [5.74, 6) is -3.87. The first-order valence-electron chi connectivity index (χ1n) is 13.5. The number of fused-ring (bicyclic) bond motifs is 1. The van der Waals surface area contributed by atoms with E-state index in [0.29, 0.717) is 17.9 Å². The second-order valence-electron chi connectivity index (χ2n) is 10.9. The van der Waals surface area contributed by atoms with E-state index in [4.69, 9.17) is 0 Å². The lowest BCUT2D eigenvalue weighted by molar-refractivity contribution is -0.121. The molecule has 2 aromatic heterocycles. The minimum absolute atomic E-state index is 0.168. The van der Waals surface area contributed by atoms with E-state index in [-0.39, 0.29) is 37.5 Å². The monoisotopic (exact) mass is 535 g/mol. The fourth-order valence-corrected chi connectivity index (χ4v) is 5.82. The Balaban J connectivity index is 1.34. The van der Waals surface area contributed by atoms with Crippen molar-refractivity contribution < 1.29 is 18.4 Å². The van der Waals surface area contributed by atoms with Gasteiger partial charge in [0.1, 0.15) is 11.7 Å². The smallest absolute Gasteiger partial charge is 0.268 e. The average Bonchev–Trinajstić information content (AvgIpc) is 3.31. The molecule has 1 aromatic carbocycles. The van der Waals surface area contributed by atoms with Gasteiger partial charge in [-0.25, -0.2) is 8.78 Å². The maximum atomic E-state index is 13.9. The summed E-state index contributed by atoms with van der Waals surface area (Å²) < 4.78 is 29.8. The Morgan fingerprint density at radius 1 is 1.03 bits per heavy atom. The average molecular weight is 536 g/mol. The van der Waals surface area contributed by atoms with Gasteiger partial charge < -0.3 is 15.2 Å². The molecule has 3 aromatic rings. The molecule has 206 valence electrons. The third kappa shape index (κ3) is 5.88. The van der Waals surface area contributed by atoms with Crippen molar-refractivity contribution in [3.05, 3.63) is 71.3 Å². The van der Waals surface area contributed by atoms with Crippen LogP contribution in [0, 0.1) is 19.8 Å². The highest BCUT2D eigenvalue weighted by atomic mass is 19.3. The van der Waals surface area contributed by atoms with E-state index in [1.807, 2.05) is 61.9 Å². The van der Waals surface area contributed by atoms with Crippen molar-refractivity contribution >= 4 is 17.5 Å². The summed E-state index contributed by atoms with van der Waals surface area (Å²) in [4.78, 5) is 33.5. The Hall–Kier alpha value is -3.59. The Morgan fingerprint density at radius 3 is 2.44 bits per heavy atom. The summed E-state index contributed by atoms with van der Waals surface area (Å²) in [6.45, 7) is 6.22. The number of hydrogen-bond donors (Lipinski definition) is 2. The molecule has 2 aliphatic rings. The van der Waals surface area contributed by atoms with Crippen LogP contribution in [0.2, 0.25) is 0 Å². The molecular weight excluding hydrogens is 500 g/mol. The molecule has 1 saturated carbocycles. The number of carbonyl (C=O) groups excluding carboxylic acids is 2. The van der Waals surface area contributed by atoms with Crippen LogP contribution in [0.1, 0.15) is 53.1 Å². The lowest BCUT2D eigenvalue weighted by Gasteiger charge is -2.33. The van der Waals surface area contributed by atoms with E-state index in [1.165, 1.54) is 0 Å². The van der Waals surface area contributed by atoms with Gasteiger partial charge in [0.15, 0.2) is 0 Å². The van der Waals surface area contributed by atoms with Gasteiger partial charge in [0.2, 0.25) is 11.8 Å². The lowest BCUT2D eigenvalue weighted by atomic mass is 9.81. The van der Waals surface area contributed by atoms with Crippen LogP contribution in [0.15, 0.2) is 48.7 Å². The van der Waals surface area contributed by atoms with E-state index >= 15 is 0 Å². The number of rotatable bonds is 6. The maximum Gasteiger partial charge on any atom is 0.268 e. The molecule has 1 atom stereocenters. The third-order valence-corrected chi connectivity index (χ3v) is 8.03. The molecule has 5 rings (SSSR count). The second-order valence-corrected chi connectivity index (χ2v) is 10.9.